The van der Waals surface area contributed by atoms with Crippen LogP contribution in [0.1, 0.15) is 35.6 Å². The number of carboxylic acids is 1. The maximum Gasteiger partial charge on any atom is 0.342 e. The molecule has 0 saturated heterocycles. The first kappa shape index (κ1) is 8.93. The van der Waals surface area contributed by atoms with E-state index in [2.05, 4.69) is 4.98 Å². The lowest BCUT2D eigenvalue weighted by atomic mass is 10.2. The third-order valence-corrected chi connectivity index (χ3v) is 2.52. The number of aromatic nitrogens is 2. The summed E-state index contributed by atoms with van der Waals surface area (Å²) in [6.07, 6.45) is 3.05. The van der Waals surface area contributed by atoms with Crippen LogP contribution in [-0.2, 0) is 6.42 Å². The molecule has 1 N–H and O–H groups in total. The van der Waals surface area contributed by atoms with E-state index in [4.69, 9.17) is 5.11 Å². The molecular weight excluding hydrogens is 184 g/mol. The minimum Gasteiger partial charge on any atom is -0.477 e. The highest BCUT2D eigenvalue weighted by atomic mass is 16.4. The lowest BCUT2D eigenvalue weighted by molar-refractivity contribution is 0.0693. The summed E-state index contributed by atoms with van der Waals surface area (Å²) in [6.45, 7) is 1.98. The van der Waals surface area contributed by atoms with Crippen LogP contribution in [0, 0.1) is 0 Å². The number of hydrogen-bond acceptors (Lipinski definition) is 3. The van der Waals surface area contributed by atoms with Gasteiger partial charge < -0.3 is 9.67 Å². The van der Waals surface area contributed by atoms with Crippen LogP contribution in [0.2, 0.25) is 0 Å². The van der Waals surface area contributed by atoms with Gasteiger partial charge in [-0.05, 0) is 13.3 Å². The molecule has 1 aromatic heterocycles. The zero-order valence-corrected chi connectivity index (χ0v) is 7.73. The van der Waals surface area contributed by atoms with Gasteiger partial charge in [0.1, 0.15) is 11.4 Å². The van der Waals surface area contributed by atoms with Gasteiger partial charge in [-0.2, -0.15) is 4.98 Å². The van der Waals surface area contributed by atoms with Gasteiger partial charge in [-0.15, -0.1) is 0 Å². The SMILES string of the molecule is CC1CCc2nc(=O)c(C(=O)O)cn21. The molecule has 0 bridgehead atoms. The zero-order valence-electron chi connectivity index (χ0n) is 7.73. The van der Waals surface area contributed by atoms with Crippen LogP contribution in [-0.4, -0.2) is 20.6 Å². The molecule has 0 aliphatic carbocycles. The van der Waals surface area contributed by atoms with E-state index in [0.29, 0.717) is 5.82 Å². The Bertz CT molecular complexity index is 450. The van der Waals surface area contributed by atoms with Gasteiger partial charge >= 0.3 is 5.97 Å². The van der Waals surface area contributed by atoms with E-state index >= 15 is 0 Å². The molecule has 1 aliphatic rings. The molecule has 5 heteroatoms. The van der Waals surface area contributed by atoms with E-state index in [-0.39, 0.29) is 11.6 Å². The van der Waals surface area contributed by atoms with Crippen LogP contribution < -0.4 is 5.56 Å². The van der Waals surface area contributed by atoms with Crippen LogP contribution in [0.3, 0.4) is 0 Å². The largest absolute Gasteiger partial charge is 0.477 e. The van der Waals surface area contributed by atoms with Crippen molar-refractivity contribution >= 4 is 5.97 Å². The third-order valence-electron chi connectivity index (χ3n) is 2.52. The second-order valence-corrected chi connectivity index (χ2v) is 3.48. The van der Waals surface area contributed by atoms with Crippen molar-refractivity contribution in [2.24, 2.45) is 0 Å². The molecule has 2 rings (SSSR count). The number of fused-ring (bicyclic) bond motifs is 1. The summed E-state index contributed by atoms with van der Waals surface area (Å²) in [5, 5.41) is 8.73. The van der Waals surface area contributed by atoms with Crippen molar-refractivity contribution in [3.8, 4) is 0 Å². The van der Waals surface area contributed by atoms with Gasteiger partial charge in [-0.3, -0.25) is 4.79 Å². The van der Waals surface area contributed by atoms with E-state index in [1.165, 1.54) is 6.20 Å². The van der Waals surface area contributed by atoms with Crippen molar-refractivity contribution < 1.29 is 9.90 Å². The molecule has 74 valence electrons. The molecule has 0 fully saturated rings. The fourth-order valence-electron chi connectivity index (χ4n) is 1.69. The summed E-state index contributed by atoms with van der Waals surface area (Å²) < 4.78 is 1.77. The lowest BCUT2D eigenvalue weighted by Gasteiger charge is -2.08. The molecule has 5 nitrogen and oxygen atoms in total. The van der Waals surface area contributed by atoms with E-state index < -0.39 is 11.5 Å². The van der Waals surface area contributed by atoms with Crippen molar-refractivity contribution in [3.05, 3.63) is 27.9 Å². The minimum atomic E-state index is -1.21. The van der Waals surface area contributed by atoms with Crippen LogP contribution in [0.25, 0.3) is 0 Å². The Morgan fingerprint density at radius 2 is 2.43 bits per heavy atom. The summed E-state index contributed by atoms with van der Waals surface area (Å²) in [5.74, 6) is -0.524. The highest BCUT2D eigenvalue weighted by Crippen LogP contribution is 2.22. The average Bonchev–Trinajstić information content (AvgIpc) is 2.46. The molecule has 1 aromatic rings. The van der Waals surface area contributed by atoms with Gasteiger partial charge in [0, 0.05) is 18.7 Å². The number of carbonyl (C=O) groups is 1. The summed E-state index contributed by atoms with van der Waals surface area (Å²) in [5.41, 5.74) is -0.889. The van der Waals surface area contributed by atoms with Crippen LogP contribution in [0.15, 0.2) is 11.0 Å². The Morgan fingerprint density at radius 3 is 3.07 bits per heavy atom. The monoisotopic (exact) mass is 194 g/mol. The molecule has 1 unspecified atom stereocenters. The number of carboxylic acid groups (broad SMARTS) is 1. The predicted octanol–water partition coefficient (Wildman–Crippen LogP) is 0.449. The summed E-state index contributed by atoms with van der Waals surface area (Å²) in [7, 11) is 0. The molecule has 0 radical (unpaired) electrons. The fourth-order valence-corrected chi connectivity index (χ4v) is 1.69. The van der Waals surface area contributed by atoms with Crippen LogP contribution in [0.5, 0.6) is 0 Å². The number of rotatable bonds is 1. The third kappa shape index (κ3) is 1.21. The first-order valence-electron chi connectivity index (χ1n) is 4.45. The molecule has 0 amide bonds. The predicted molar refractivity (Wildman–Crippen MR) is 48.5 cm³/mol. The Labute approximate surface area is 80.0 Å². The second-order valence-electron chi connectivity index (χ2n) is 3.48. The quantitative estimate of drug-likeness (QED) is 0.704. The van der Waals surface area contributed by atoms with E-state index in [0.717, 1.165) is 12.8 Å². The van der Waals surface area contributed by atoms with Gasteiger partial charge in [-0.1, -0.05) is 0 Å². The zero-order chi connectivity index (χ0) is 10.3. The summed E-state index contributed by atoms with van der Waals surface area (Å²) >= 11 is 0. The van der Waals surface area contributed by atoms with E-state index in [9.17, 15) is 9.59 Å². The molecular formula is C9H10N2O3. The van der Waals surface area contributed by atoms with Crippen molar-refractivity contribution in [2.75, 3.05) is 0 Å². The Kier molecular flexibility index (Phi) is 1.87. The number of hydrogen-bond donors (Lipinski definition) is 1. The van der Waals surface area contributed by atoms with Crippen molar-refractivity contribution in [3.63, 3.8) is 0 Å². The van der Waals surface area contributed by atoms with E-state index in [1.807, 2.05) is 6.92 Å². The standard InChI is InChI=1S/C9H10N2O3/c1-5-2-3-7-10-8(12)6(9(13)14)4-11(5)7/h4-5H,2-3H2,1H3,(H,13,14). The number of aromatic carboxylic acids is 1. The van der Waals surface area contributed by atoms with Crippen LogP contribution in [0.4, 0.5) is 0 Å². The van der Waals surface area contributed by atoms with Crippen molar-refractivity contribution in [1.29, 1.82) is 0 Å². The fraction of sp³-hybridized carbons (Fsp3) is 0.444. The highest BCUT2D eigenvalue weighted by molar-refractivity contribution is 5.86. The second kappa shape index (κ2) is 2.94. The summed E-state index contributed by atoms with van der Waals surface area (Å²) in [4.78, 5) is 25.6. The minimum absolute atomic E-state index is 0.233. The first-order chi connectivity index (χ1) is 6.59. The molecule has 14 heavy (non-hydrogen) atoms. The Balaban J connectivity index is 2.63. The van der Waals surface area contributed by atoms with Gasteiger partial charge in [0.05, 0.1) is 0 Å². The molecule has 1 atom stereocenters. The molecule has 0 saturated carbocycles. The molecule has 1 aliphatic heterocycles. The average molecular weight is 194 g/mol. The maximum atomic E-state index is 11.2. The first-order valence-corrected chi connectivity index (χ1v) is 4.45. The Morgan fingerprint density at radius 1 is 1.71 bits per heavy atom. The van der Waals surface area contributed by atoms with Crippen molar-refractivity contribution in [2.45, 2.75) is 25.8 Å². The summed E-state index contributed by atoms with van der Waals surface area (Å²) in [6, 6.07) is 0.233. The maximum absolute atomic E-state index is 11.2. The van der Waals surface area contributed by atoms with E-state index in [1.54, 1.807) is 4.57 Å². The smallest absolute Gasteiger partial charge is 0.342 e. The highest BCUT2D eigenvalue weighted by Gasteiger charge is 2.21. The normalized spacial score (nSPS) is 19.4. The van der Waals surface area contributed by atoms with Gasteiger partial charge in [-0.25, -0.2) is 4.79 Å². The lowest BCUT2D eigenvalue weighted by Crippen LogP contribution is -2.22. The van der Waals surface area contributed by atoms with Gasteiger partial charge in [0.2, 0.25) is 0 Å². The molecule has 0 spiro atoms. The van der Waals surface area contributed by atoms with Gasteiger partial charge in [0.25, 0.3) is 5.56 Å². The number of nitrogens with zero attached hydrogens (tertiary/aromatic N) is 2. The number of aryl methyl sites for hydroxylation is 1. The van der Waals surface area contributed by atoms with Crippen molar-refractivity contribution in [1.82, 2.24) is 9.55 Å². The topological polar surface area (TPSA) is 72.2 Å². The Hall–Kier alpha value is -1.65. The van der Waals surface area contributed by atoms with Crippen LogP contribution >= 0.6 is 0 Å². The van der Waals surface area contributed by atoms with Gasteiger partial charge in [0.15, 0.2) is 0 Å². The molecule has 2 heterocycles. The molecule has 0 aromatic carbocycles.